The number of carbonyl (C=O) groups excluding carboxylic acids is 1. The minimum absolute atomic E-state index is 0.220. The second kappa shape index (κ2) is 8.78. The molecule has 0 saturated heterocycles. The lowest BCUT2D eigenvalue weighted by atomic mass is 10.1. The Bertz CT molecular complexity index is 937. The molecule has 0 aliphatic rings. The molecule has 0 saturated carbocycles. The van der Waals surface area contributed by atoms with Crippen molar-refractivity contribution >= 4 is 21.6 Å². The van der Waals surface area contributed by atoms with Gasteiger partial charge in [0.1, 0.15) is 6.04 Å². The minimum Gasteiger partial charge on any atom is -0.348 e. The van der Waals surface area contributed by atoms with Gasteiger partial charge in [0.15, 0.2) is 0 Å². The number of rotatable bonds is 7. The van der Waals surface area contributed by atoms with Crippen LogP contribution in [0.5, 0.6) is 0 Å². The van der Waals surface area contributed by atoms with Crippen molar-refractivity contribution in [1.29, 1.82) is 0 Å². The van der Waals surface area contributed by atoms with Crippen LogP contribution >= 0.6 is 0 Å². The summed E-state index contributed by atoms with van der Waals surface area (Å²) in [7, 11) is -3.65. The Hall–Kier alpha value is -2.34. The van der Waals surface area contributed by atoms with Gasteiger partial charge in [-0.25, -0.2) is 8.42 Å². The lowest BCUT2D eigenvalue weighted by Crippen LogP contribution is -2.50. The van der Waals surface area contributed by atoms with Crippen LogP contribution in [-0.4, -0.2) is 26.6 Å². The Labute approximate surface area is 168 Å². The first-order valence-corrected chi connectivity index (χ1v) is 11.3. The maximum absolute atomic E-state index is 13.1. The monoisotopic (exact) mass is 402 g/mol. The lowest BCUT2D eigenvalue weighted by Gasteiger charge is -2.32. The molecule has 0 radical (unpaired) electrons. The largest absolute Gasteiger partial charge is 0.348 e. The van der Waals surface area contributed by atoms with Crippen molar-refractivity contribution in [2.24, 2.45) is 0 Å². The average molecular weight is 403 g/mol. The van der Waals surface area contributed by atoms with Crippen LogP contribution in [0.1, 0.15) is 48.6 Å². The zero-order valence-corrected chi connectivity index (χ0v) is 18.3. The van der Waals surface area contributed by atoms with E-state index in [1.807, 2.05) is 77.1 Å². The summed E-state index contributed by atoms with van der Waals surface area (Å²) in [6, 6.07) is 12.5. The van der Waals surface area contributed by atoms with Crippen LogP contribution in [0.4, 0.5) is 5.69 Å². The summed E-state index contributed by atoms with van der Waals surface area (Å²) in [6.45, 7) is 9.49. The molecule has 0 aromatic heterocycles. The maximum atomic E-state index is 13.1. The Morgan fingerprint density at radius 3 is 2.14 bits per heavy atom. The third kappa shape index (κ3) is 5.13. The average Bonchev–Trinajstić information content (AvgIpc) is 2.61. The van der Waals surface area contributed by atoms with E-state index in [0.717, 1.165) is 28.5 Å². The number of hydrogen-bond acceptors (Lipinski definition) is 3. The summed E-state index contributed by atoms with van der Waals surface area (Å²) in [5.74, 6) is -0.304. The van der Waals surface area contributed by atoms with E-state index < -0.39 is 16.1 Å². The number of anilines is 1. The maximum Gasteiger partial charge on any atom is 0.244 e. The summed E-state index contributed by atoms with van der Waals surface area (Å²) in [5.41, 5.74) is 4.43. The van der Waals surface area contributed by atoms with Gasteiger partial charge in [0.25, 0.3) is 0 Å². The van der Waals surface area contributed by atoms with Gasteiger partial charge in [-0.15, -0.1) is 0 Å². The predicted octanol–water partition coefficient (Wildman–Crippen LogP) is 4.03. The van der Waals surface area contributed by atoms with E-state index >= 15 is 0 Å². The summed E-state index contributed by atoms with van der Waals surface area (Å²) in [5, 5.41) is 2.98. The van der Waals surface area contributed by atoms with Crippen molar-refractivity contribution in [3.05, 3.63) is 64.7 Å². The highest BCUT2D eigenvalue weighted by molar-refractivity contribution is 7.92. The van der Waals surface area contributed by atoms with Crippen LogP contribution in [0, 0.1) is 20.8 Å². The molecule has 0 fully saturated rings. The van der Waals surface area contributed by atoms with Gasteiger partial charge in [-0.1, -0.05) is 48.9 Å². The molecule has 0 aliphatic carbocycles. The summed E-state index contributed by atoms with van der Waals surface area (Å²) < 4.78 is 26.5. The third-order valence-electron chi connectivity index (χ3n) is 4.87. The summed E-state index contributed by atoms with van der Waals surface area (Å²) >= 11 is 0. The normalized spacial score (nSPS) is 13.6. The van der Waals surface area contributed by atoms with Gasteiger partial charge in [0.2, 0.25) is 15.9 Å². The number of benzene rings is 2. The van der Waals surface area contributed by atoms with Crippen LogP contribution in [0.15, 0.2) is 42.5 Å². The second-order valence-electron chi connectivity index (χ2n) is 7.41. The van der Waals surface area contributed by atoms with Crippen molar-refractivity contribution in [2.45, 2.75) is 53.1 Å². The number of nitrogens with zero attached hydrogens (tertiary/aromatic N) is 1. The highest BCUT2D eigenvalue weighted by atomic mass is 32.2. The van der Waals surface area contributed by atoms with E-state index in [1.54, 1.807) is 0 Å². The number of carbonyl (C=O) groups is 1. The van der Waals surface area contributed by atoms with E-state index in [2.05, 4.69) is 5.32 Å². The molecular formula is C22H30N2O3S. The molecule has 5 nitrogen and oxygen atoms in total. The van der Waals surface area contributed by atoms with Crippen LogP contribution in [0.2, 0.25) is 0 Å². The second-order valence-corrected chi connectivity index (χ2v) is 9.27. The van der Waals surface area contributed by atoms with Crippen molar-refractivity contribution < 1.29 is 13.2 Å². The highest BCUT2D eigenvalue weighted by Gasteiger charge is 2.33. The zero-order chi connectivity index (χ0) is 21.1. The lowest BCUT2D eigenvalue weighted by molar-refractivity contribution is -0.122. The van der Waals surface area contributed by atoms with Crippen molar-refractivity contribution in [3.8, 4) is 0 Å². The minimum atomic E-state index is -3.65. The van der Waals surface area contributed by atoms with Gasteiger partial charge in [-0.2, -0.15) is 0 Å². The summed E-state index contributed by atoms with van der Waals surface area (Å²) in [6.07, 6.45) is 1.51. The molecule has 0 bridgehead atoms. The Kier molecular flexibility index (Phi) is 6.88. The van der Waals surface area contributed by atoms with Gasteiger partial charge in [-0.05, 0) is 56.9 Å². The smallest absolute Gasteiger partial charge is 0.244 e. The Morgan fingerprint density at radius 2 is 1.61 bits per heavy atom. The molecule has 0 heterocycles. The molecule has 6 heteroatoms. The van der Waals surface area contributed by atoms with Crippen molar-refractivity contribution in [3.63, 3.8) is 0 Å². The van der Waals surface area contributed by atoms with Gasteiger partial charge in [0, 0.05) is 0 Å². The van der Waals surface area contributed by atoms with E-state index in [9.17, 15) is 13.2 Å². The Morgan fingerprint density at radius 1 is 1.04 bits per heavy atom. The number of amides is 1. The zero-order valence-electron chi connectivity index (χ0n) is 17.5. The molecular weight excluding hydrogens is 372 g/mol. The first-order valence-electron chi connectivity index (χ1n) is 9.48. The predicted molar refractivity (Wildman–Crippen MR) is 115 cm³/mol. The Balaban J connectivity index is 2.36. The van der Waals surface area contributed by atoms with Gasteiger partial charge >= 0.3 is 0 Å². The van der Waals surface area contributed by atoms with E-state index in [1.165, 1.54) is 4.31 Å². The van der Waals surface area contributed by atoms with Gasteiger partial charge in [0.05, 0.1) is 18.0 Å². The van der Waals surface area contributed by atoms with Gasteiger partial charge in [-0.3, -0.25) is 9.10 Å². The fraction of sp³-hybridized carbons (Fsp3) is 0.409. The van der Waals surface area contributed by atoms with Crippen molar-refractivity contribution in [2.75, 3.05) is 10.6 Å². The first kappa shape index (κ1) is 22.0. The number of nitrogens with one attached hydrogen (secondary N) is 1. The van der Waals surface area contributed by atoms with E-state index in [0.29, 0.717) is 12.1 Å². The fourth-order valence-corrected chi connectivity index (χ4v) is 4.50. The number of sulfonamides is 1. The fourth-order valence-electron chi connectivity index (χ4n) is 3.24. The molecule has 1 amide bonds. The molecule has 0 spiro atoms. The topological polar surface area (TPSA) is 66.5 Å². The standard InChI is InChI=1S/C22H30N2O3S/c1-7-20(22(25)23-18(5)19-12-9-15(2)10-13-19)24(28(6,26)27)21-14-16(3)8-11-17(21)4/h8-14,18,20H,7H2,1-6H3,(H,23,25)/t18-,20-/m0/s1. The molecule has 28 heavy (non-hydrogen) atoms. The molecule has 1 N–H and O–H groups in total. The molecule has 2 aromatic rings. The number of aryl methyl sites for hydroxylation is 3. The van der Waals surface area contributed by atoms with Crippen LogP contribution in [0.25, 0.3) is 0 Å². The molecule has 0 aliphatic heterocycles. The number of hydrogen-bond donors (Lipinski definition) is 1. The highest BCUT2D eigenvalue weighted by Crippen LogP contribution is 2.28. The van der Waals surface area contributed by atoms with E-state index in [-0.39, 0.29) is 11.9 Å². The van der Waals surface area contributed by atoms with Crippen LogP contribution in [-0.2, 0) is 14.8 Å². The van der Waals surface area contributed by atoms with Gasteiger partial charge < -0.3 is 5.32 Å². The third-order valence-corrected chi connectivity index (χ3v) is 6.03. The molecule has 2 rings (SSSR count). The van der Waals surface area contributed by atoms with Crippen molar-refractivity contribution in [1.82, 2.24) is 5.32 Å². The molecule has 0 unspecified atom stereocenters. The SMILES string of the molecule is CC[C@@H](C(=O)N[C@@H](C)c1ccc(C)cc1)N(c1cc(C)ccc1C)S(C)(=O)=O. The molecule has 2 aromatic carbocycles. The first-order chi connectivity index (χ1) is 13.0. The van der Waals surface area contributed by atoms with Crippen LogP contribution in [0.3, 0.4) is 0 Å². The summed E-state index contributed by atoms with van der Waals surface area (Å²) in [4.78, 5) is 13.1. The molecule has 152 valence electrons. The van der Waals surface area contributed by atoms with E-state index in [4.69, 9.17) is 0 Å². The molecule has 2 atom stereocenters. The quantitative estimate of drug-likeness (QED) is 0.760. The van der Waals surface area contributed by atoms with Crippen LogP contribution < -0.4 is 9.62 Å².